The Labute approximate surface area is 120 Å². The lowest BCUT2D eigenvalue weighted by Gasteiger charge is -2.20. The summed E-state index contributed by atoms with van der Waals surface area (Å²) in [6.07, 6.45) is 2.55. The Morgan fingerprint density at radius 1 is 1.35 bits per heavy atom. The molecule has 1 aromatic rings. The fourth-order valence-electron chi connectivity index (χ4n) is 2.48. The molecule has 0 saturated carbocycles. The number of nitrogens with zero attached hydrogens (tertiary/aromatic N) is 3. The zero-order valence-corrected chi connectivity index (χ0v) is 13.1. The van der Waals surface area contributed by atoms with Crippen molar-refractivity contribution in [2.45, 2.75) is 58.9 Å². The van der Waals surface area contributed by atoms with Crippen LogP contribution in [-0.2, 0) is 13.5 Å². The summed E-state index contributed by atoms with van der Waals surface area (Å²) in [5.41, 5.74) is 1.52. The quantitative estimate of drug-likeness (QED) is 0.588. The molecule has 0 radical (unpaired) electrons. The van der Waals surface area contributed by atoms with Gasteiger partial charge in [0.15, 0.2) is 0 Å². The van der Waals surface area contributed by atoms with Crippen LogP contribution in [0.1, 0.15) is 57.8 Å². The first-order valence-electron chi connectivity index (χ1n) is 7.37. The highest BCUT2D eigenvalue weighted by molar-refractivity contribution is 5.43. The van der Waals surface area contributed by atoms with E-state index >= 15 is 0 Å². The zero-order chi connectivity index (χ0) is 15.3. The number of rotatable bonds is 8. The van der Waals surface area contributed by atoms with Gasteiger partial charge in [-0.2, -0.15) is 5.10 Å². The molecular formula is C14H26N4O2. The van der Waals surface area contributed by atoms with E-state index in [2.05, 4.69) is 24.3 Å². The first kappa shape index (κ1) is 16.6. The van der Waals surface area contributed by atoms with Gasteiger partial charge in [-0.1, -0.05) is 27.2 Å². The summed E-state index contributed by atoms with van der Waals surface area (Å²) in [5, 5.41) is 19.2. The fourth-order valence-corrected chi connectivity index (χ4v) is 2.48. The number of nitrogens with one attached hydrogen (secondary N) is 1. The average Bonchev–Trinajstić information content (AvgIpc) is 2.72. The smallest absolute Gasteiger partial charge is 0.313 e. The maximum atomic E-state index is 11.4. The summed E-state index contributed by atoms with van der Waals surface area (Å²) in [6.45, 7) is 9.12. The van der Waals surface area contributed by atoms with Gasteiger partial charge in [-0.15, -0.1) is 0 Å². The fraction of sp³-hybridized carbons (Fsp3) is 0.786. The molecule has 1 rings (SSSR count). The summed E-state index contributed by atoms with van der Waals surface area (Å²) in [5.74, 6) is 0.0463. The SMILES string of the molecule is CCCNC(C)C(C)c1c([N+](=O)[O-])c(CCC)nn1C. The summed E-state index contributed by atoms with van der Waals surface area (Å²) < 4.78 is 1.68. The third-order valence-electron chi connectivity index (χ3n) is 3.70. The Morgan fingerprint density at radius 3 is 2.50 bits per heavy atom. The molecule has 1 N–H and O–H groups in total. The van der Waals surface area contributed by atoms with Crippen LogP contribution in [-0.4, -0.2) is 27.3 Å². The van der Waals surface area contributed by atoms with Gasteiger partial charge >= 0.3 is 5.69 Å². The normalized spacial score (nSPS) is 14.2. The van der Waals surface area contributed by atoms with Gasteiger partial charge in [-0.3, -0.25) is 14.8 Å². The molecule has 1 aromatic heterocycles. The molecule has 20 heavy (non-hydrogen) atoms. The third-order valence-corrected chi connectivity index (χ3v) is 3.70. The summed E-state index contributed by atoms with van der Waals surface area (Å²) in [7, 11) is 1.80. The molecule has 0 aromatic carbocycles. The maximum Gasteiger partial charge on any atom is 0.313 e. The second kappa shape index (κ2) is 7.38. The molecule has 0 aliphatic rings. The van der Waals surface area contributed by atoms with Crippen LogP contribution in [0.3, 0.4) is 0 Å². The topological polar surface area (TPSA) is 73.0 Å². The van der Waals surface area contributed by atoms with Gasteiger partial charge in [0.25, 0.3) is 0 Å². The van der Waals surface area contributed by atoms with Gasteiger partial charge in [0.1, 0.15) is 11.4 Å². The van der Waals surface area contributed by atoms with E-state index < -0.39 is 0 Å². The molecule has 0 bridgehead atoms. The van der Waals surface area contributed by atoms with Crippen LogP contribution in [0.15, 0.2) is 0 Å². The van der Waals surface area contributed by atoms with Crippen molar-refractivity contribution in [2.24, 2.45) is 7.05 Å². The number of hydrogen-bond acceptors (Lipinski definition) is 4. The van der Waals surface area contributed by atoms with Crippen molar-refractivity contribution in [2.75, 3.05) is 6.54 Å². The van der Waals surface area contributed by atoms with Gasteiger partial charge in [-0.25, -0.2) is 0 Å². The standard InChI is InChI=1S/C14H26N4O2/c1-6-8-12-14(18(19)20)13(17(5)16-12)10(3)11(4)15-9-7-2/h10-11,15H,6-9H2,1-5H3. The molecular weight excluding hydrogens is 256 g/mol. The molecule has 2 atom stereocenters. The van der Waals surface area contributed by atoms with Crippen LogP contribution in [0.25, 0.3) is 0 Å². The van der Waals surface area contributed by atoms with Crippen LogP contribution >= 0.6 is 0 Å². The van der Waals surface area contributed by atoms with E-state index in [-0.39, 0.29) is 22.6 Å². The van der Waals surface area contributed by atoms with Gasteiger partial charge in [-0.05, 0) is 26.3 Å². The van der Waals surface area contributed by atoms with Crippen molar-refractivity contribution < 1.29 is 4.92 Å². The average molecular weight is 282 g/mol. The summed E-state index contributed by atoms with van der Waals surface area (Å²) >= 11 is 0. The van der Waals surface area contributed by atoms with E-state index in [9.17, 15) is 10.1 Å². The molecule has 0 amide bonds. The first-order valence-corrected chi connectivity index (χ1v) is 7.37. The lowest BCUT2D eigenvalue weighted by molar-refractivity contribution is -0.386. The lowest BCUT2D eigenvalue weighted by atomic mass is 9.97. The van der Waals surface area contributed by atoms with Crippen LogP contribution < -0.4 is 5.32 Å². The lowest BCUT2D eigenvalue weighted by Crippen LogP contribution is -2.32. The van der Waals surface area contributed by atoms with Crippen molar-refractivity contribution in [1.29, 1.82) is 0 Å². The predicted octanol–water partition coefficient (Wildman–Crippen LogP) is 2.77. The molecule has 6 nitrogen and oxygen atoms in total. The van der Waals surface area contributed by atoms with E-state index in [1.807, 2.05) is 13.8 Å². The Bertz CT molecular complexity index is 456. The molecule has 0 aliphatic heterocycles. The molecule has 1 heterocycles. The number of aryl methyl sites for hydroxylation is 2. The molecule has 0 aliphatic carbocycles. The van der Waals surface area contributed by atoms with E-state index in [4.69, 9.17) is 0 Å². The highest BCUT2D eigenvalue weighted by Gasteiger charge is 2.31. The van der Waals surface area contributed by atoms with Crippen LogP contribution in [0.5, 0.6) is 0 Å². The molecule has 6 heteroatoms. The van der Waals surface area contributed by atoms with Crippen molar-refractivity contribution in [3.63, 3.8) is 0 Å². The largest absolute Gasteiger partial charge is 0.314 e. The Hall–Kier alpha value is -1.43. The van der Waals surface area contributed by atoms with Crippen LogP contribution in [0, 0.1) is 10.1 Å². The van der Waals surface area contributed by atoms with Crippen molar-refractivity contribution in [3.05, 3.63) is 21.5 Å². The molecule has 2 unspecified atom stereocenters. The maximum absolute atomic E-state index is 11.4. The second-order valence-corrected chi connectivity index (χ2v) is 5.34. The third kappa shape index (κ3) is 3.56. The minimum atomic E-state index is -0.281. The molecule has 0 fully saturated rings. The Kier molecular flexibility index (Phi) is 6.13. The second-order valence-electron chi connectivity index (χ2n) is 5.34. The summed E-state index contributed by atoms with van der Waals surface area (Å²) in [6, 6.07) is 0.179. The monoisotopic (exact) mass is 282 g/mol. The van der Waals surface area contributed by atoms with E-state index in [0.717, 1.165) is 25.1 Å². The number of nitro groups is 1. The van der Waals surface area contributed by atoms with Gasteiger partial charge in [0.05, 0.1) is 4.92 Å². The molecule has 0 spiro atoms. The first-order chi connectivity index (χ1) is 9.43. The number of hydrogen-bond donors (Lipinski definition) is 1. The van der Waals surface area contributed by atoms with Crippen molar-refractivity contribution in [1.82, 2.24) is 15.1 Å². The van der Waals surface area contributed by atoms with E-state index in [1.54, 1.807) is 11.7 Å². The van der Waals surface area contributed by atoms with Gasteiger partial charge in [0, 0.05) is 19.0 Å². The minimum absolute atomic E-state index is 0.0463. The molecule has 0 saturated heterocycles. The Balaban J connectivity index is 3.12. The van der Waals surface area contributed by atoms with E-state index in [0.29, 0.717) is 12.1 Å². The van der Waals surface area contributed by atoms with Crippen LogP contribution in [0.4, 0.5) is 5.69 Å². The molecule has 114 valence electrons. The van der Waals surface area contributed by atoms with Gasteiger partial charge in [0.2, 0.25) is 0 Å². The van der Waals surface area contributed by atoms with Crippen molar-refractivity contribution in [3.8, 4) is 0 Å². The highest BCUT2D eigenvalue weighted by Crippen LogP contribution is 2.32. The minimum Gasteiger partial charge on any atom is -0.314 e. The number of aromatic nitrogens is 2. The zero-order valence-electron chi connectivity index (χ0n) is 13.1. The van der Waals surface area contributed by atoms with E-state index in [1.165, 1.54) is 0 Å². The van der Waals surface area contributed by atoms with Crippen molar-refractivity contribution >= 4 is 5.69 Å². The predicted molar refractivity (Wildman–Crippen MR) is 80.0 cm³/mol. The Morgan fingerprint density at radius 2 is 2.00 bits per heavy atom. The highest BCUT2D eigenvalue weighted by atomic mass is 16.6. The van der Waals surface area contributed by atoms with Gasteiger partial charge < -0.3 is 5.32 Å². The summed E-state index contributed by atoms with van der Waals surface area (Å²) in [4.78, 5) is 11.1. The van der Waals surface area contributed by atoms with Crippen LogP contribution in [0.2, 0.25) is 0 Å².